The van der Waals surface area contributed by atoms with Gasteiger partial charge in [0.1, 0.15) is 11.5 Å². The van der Waals surface area contributed by atoms with Crippen molar-refractivity contribution in [3.05, 3.63) is 48.5 Å². The van der Waals surface area contributed by atoms with Gasteiger partial charge < -0.3 is 20.6 Å². The molecule has 0 atom stereocenters. The number of hydrogen-bond acceptors (Lipinski definition) is 7. The summed E-state index contributed by atoms with van der Waals surface area (Å²) < 4.78 is 11.8. The zero-order chi connectivity index (χ0) is 19.2. The first-order valence-corrected chi connectivity index (χ1v) is 9.01. The van der Waals surface area contributed by atoms with Gasteiger partial charge in [-0.2, -0.15) is 0 Å². The molecule has 0 saturated heterocycles. The summed E-state index contributed by atoms with van der Waals surface area (Å²) in [5.41, 5.74) is 1.38. The number of nitrogens with two attached hydrogens (primary N) is 1. The number of carbonyl (C=O) groups excluding carboxylic acids is 1. The Labute approximate surface area is 160 Å². The summed E-state index contributed by atoms with van der Waals surface area (Å²) in [4.78, 5) is 12.2. The number of para-hydroxylation sites is 1. The molecule has 1 amide bonds. The normalized spacial score (nSPS) is 10.4. The molecule has 0 bridgehead atoms. The molecule has 1 heterocycles. The van der Waals surface area contributed by atoms with E-state index in [4.69, 9.17) is 15.3 Å². The molecule has 3 rings (SSSR count). The summed E-state index contributed by atoms with van der Waals surface area (Å²) in [6.07, 6.45) is 0. The molecule has 3 N–H and O–H groups in total. The summed E-state index contributed by atoms with van der Waals surface area (Å²) in [6.45, 7) is 0. The van der Waals surface area contributed by atoms with Crippen molar-refractivity contribution in [2.24, 2.45) is 0 Å². The van der Waals surface area contributed by atoms with E-state index in [1.165, 1.54) is 16.4 Å². The first-order chi connectivity index (χ1) is 13.1. The van der Waals surface area contributed by atoms with Crippen LogP contribution in [0.4, 0.5) is 5.69 Å². The van der Waals surface area contributed by atoms with Crippen molar-refractivity contribution in [3.8, 4) is 22.9 Å². The van der Waals surface area contributed by atoms with Crippen molar-refractivity contribution in [1.29, 1.82) is 0 Å². The summed E-state index contributed by atoms with van der Waals surface area (Å²) >= 11 is 1.19. The maximum atomic E-state index is 12.2. The maximum absolute atomic E-state index is 12.2. The van der Waals surface area contributed by atoms with Gasteiger partial charge in [-0.25, -0.2) is 4.68 Å². The molecule has 0 unspecified atom stereocenters. The third-order valence-electron chi connectivity index (χ3n) is 3.70. The van der Waals surface area contributed by atoms with Gasteiger partial charge in [-0.15, -0.1) is 10.2 Å². The number of rotatable bonds is 7. The van der Waals surface area contributed by atoms with Crippen LogP contribution >= 0.6 is 11.8 Å². The number of hydrogen-bond donors (Lipinski definition) is 2. The molecule has 0 aliphatic carbocycles. The van der Waals surface area contributed by atoms with Crippen LogP contribution < -0.4 is 20.6 Å². The molecule has 0 aliphatic heterocycles. The Morgan fingerprint density at radius 2 is 1.96 bits per heavy atom. The number of carbonyl (C=O) groups is 1. The van der Waals surface area contributed by atoms with Crippen molar-refractivity contribution in [3.63, 3.8) is 0 Å². The Balaban J connectivity index is 1.66. The number of nitrogens with zero attached hydrogens (tertiary/aromatic N) is 3. The van der Waals surface area contributed by atoms with Crippen molar-refractivity contribution >= 4 is 23.4 Å². The number of nitrogens with one attached hydrogen (secondary N) is 1. The first-order valence-electron chi connectivity index (χ1n) is 8.03. The summed E-state index contributed by atoms with van der Waals surface area (Å²) in [5, 5.41) is 11.4. The monoisotopic (exact) mass is 385 g/mol. The third kappa shape index (κ3) is 4.32. The fourth-order valence-corrected chi connectivity index (χ4v) is 3.07. The molecule has 0 aliphatic rings. The molecule has 0 fully saturated rings. The van der Waals surface area contributed by atoms with Crippen LogP contribution in [-0.2, 0) is 4.79 Å². The summed E-state index contributed by atoms with van der Waals surface area (Å²) in [6, 6.07) is 14.5. The molecular weight excluding hydrogens is 366 g/mol. The fraction of sp³-hybridized carbons (Fsp3) is 0.167. The topological polar surface area (TPSA) is 104 Å². The van der Waals surface area contributed by atoms with Crippen molar-refractivity contribution in [2.45, 2.75) is 5.16 Å². The van der Waals surface area contributed by atoms with Crippen LogP contribution in [0.3, 0.4) is 0 Å². The number of anilines is 1. The highest BCUT2D eigenvalue weighted by Crippen LogP contribution is 2.29. The molecule has 0 saturated carbocycles. The van der Waals surface area contributed by atoms with E-state index in [2.05, 4.69) is 15.5 Å². The van der Waals surface area contributed by atoms with E-state index in [1.807, 2.05) is 24.3 Å². The molecule has 8 nitrogen and oxygen atoms in total. The number of methoxy groups -OCH3 is 2. The minimum absolute atomic E-state index is 0.137. The van der Waals surface area contributed by atoms with Crippen LogP contribution in [-0.4, -0.2) is 40.8 Å². The van der Waals surface area contributed by atoms with E-state index in [-0.39, 0.29) is 11.7 Å². The van der Waals surface area contributed by atoms with Gasteiger partial charge in [-0.3, -0.25) is 4.79 Å². The minimum atomic E-state index is -0.185. The number of ether oxygens (including phenoxy) is 2. The highest BCUT2D eigenvalue weighted by atomic mass is 32.2. The standard InChI is InChI=1S/C18H19N5O3S/c1-25-13-7-5-6-12(10-13)20-16(24)11-27-18-22-21-17(23(18)19)14-8-3-4-9-15(14)26-2/h3-10H,11,19H2,1-2H3,(H,20,24). The van der Waals surface area contributed by atoms with Crippen LogP contribution in [0.15, 0.2) is 53.7 Å². The second-order valence-electron chi connectivity index (χ2n) is 5.45. The molecule has 3 aromatic rings. The molecule has 2 aromatic carbocycles. The largest absolute Gasteiger partial charge is 0.497 e. The lowest BCUT2D eigenvalue weighted by molar-refractivity contribution is -0.113. The molecule has 0 radical (unpaired) electrons. The average Bonchev–Trinajstić information content (AvgIpc) is 3.06. The van der Waals surface area contributed by atoms with Crippen LogP contribution in [0.1, 0.15) is 0 Å². The minimum Gasteiger partial charge on any atom is -0.497 e. The number of amides is 1. The lowest BCUT2D eigenvalue weighted by atomic mass is 10.2. The van der Waals surface area contributed by atoms with Gasteiger partial charge >= 0.3 is 0 Å². The zero-order valence-corrected chi connectivity index (χ0v) is 15.7. The van der Waals surface area contributed by atoms with Crippen molar-refractivity contribution < 1.29 is 14.3 Å². The first kappa shape index (κ1) is 18.6. The Morgan fingerprint density at radius 1 is 1.15 bits per heavy atom. The molecule has 0 spiro atoms. The Kier molecular flexibility index (Phi) is 5.82. The molecular formula is C18H19N5O3S. The van der Waals surface area contributed by atoms with E-state index >= 15 is 0 Å². The zero-order valence-electron chi connectivity index (χ0n) is 14.9. The van der Waals surface area contributed by atoms with E-state index in [9.17, 15) is 4.79 Å². The van der Waals surface area contributed by atoms with E-state index in [0.29, 0.717) is 28.2 Å². The maximum Gasteiger partial charge on any atom is 0.234 e. The number of thioether (sulfide) groups is 1. The number of nitrogen functional groups attached to an aromatic ring is 1. The van der Waals surface area contributed by atoms with Crippen LogP contribution in [0, 0.1) is 0 Å². The lowest BCUT2D eigenvalue weighted by Gasteiger charge is -2.08. The quantitative estimate of drug-likeness (QED) is 0.475. The van der Waals surface area contributed by atoms with Crippen LogP contribution in [0.2, 0.25) is 0 Å². The predicted octanol–water partition coefficient (Wildman–Crippen LogP) is 2.41. The van der Waals surface area contributed by atoms with E-state index in [0.717, 1.165) is 5.56 Å². The SMILES string of the molecule is COc1cccc(NC(=O)CSc2nnc(-c3ccccc3OC)n2N)c1. The molecule has 1 aromatic heterocycles. The Bertz CT molecular complexity index is 944. The predicted molar refractivity (Wildman–Crippen MR) is 105 cm³/mol. The fourth-order valence-electron chi connectivity index (χ4n) is 2.42. The summed E-state index contributed by atoms with van der Waals surface area (Å²) in [7, 11) is 3.15. The van der Waals surface area contributed by atoms with Gasteiger partial charge in [0.25, 0.3) is 0 Å². The van der Waals surface area contributed by atoms with Gasteiger partial charge in [0.2, 0.25) is 11.1 Å². The van der Waals surface area contributed by atoms with Gasteiger partial charge in [0.05, 0.1) is 25.5 Å². The van der Waals surface area contributed by atoms with E-state index < -0.39 is 0 Å². The van der Waals surface area contributed by atoms with E-state index in [1.54, 1.807) is 38.5 Å². The van der Waals surface area contributed by atoms with Crippen molar-refractivity contribution in [2.75, 3.05) is 31.1 Å². The van der Waals surface area contributed by atoms with Crippen LogP contribution in [0.5, 0.6) is 11.5 Å². The molecule has 140 valence electrons. The Morgan fingerprint density at radius 3 is 2.74 bits per heavy atom. The number of aromatic nitrogens is 3. The molecule has 9 heteroatoms. The third-order valence-corrected chi connectivity index (χ3v) is 4.64. The summed E-state index contributed by atoms with van der Waals surface area (Å²) in [5.74, 6) is 7.83. The highest BCUT2D eigenvalue weighted by Gasteiger charge is 2.16. The lowest BCUT2D eigenvalue weighted by Crippen LogP contribution is -2.16. The van der Waals surface area contributed by atoms with Gasteiger partial charge in [0.15, 0.2) is 5.82 Å². The number of benzene rings is 2. The Hall–Kier alpha value is -3.20. The second-order valence-corrected chi connectivity index (χ2v) is 6.39. The average molecular weight is 385 g/mol. The van der Waals surface area contributed by atoms with Gasteiger partial charge in [-0.1, -0.05) is 30.0 Å². The van der Waals surface area contributed by atoms with Crippen molar-refractivity contribution in [1.82, 2.24) is 14.9 Å². The molecule has 27 heavy (non-hydrogen) atoms. The van der Waals surface area contributed by atoms with Gasteiger partial charge in [0, 0.05) is 11.8 Å². The second kappa shape index (κ2) is 8.45. The smallest absolute Gasteiger partial charge is 0.234 e. The van der Waals surface area contributed by atoms with Crippen LogP contribution in [0.25, 0.3) is 11.4 Å². The highest BCUT2D eigenvalue weighted by molar-refractivity contribution is 7.99. The van der Waals surface area contributed by atoms with Gasteiger partial charge in [-0.05, 0) is 24.3 Å².